The van der Waals surface area contributed by atoms with Gasteiger partial charge in [0.15, 0.2) is 0 Å². The number of benzene rings is 2. The molecule has 0 fully saturated rings. The zero-order valence-corrected chi connectivity index (χ0v) is 12.4. The molecule has 112 valence electrons. The van der Waals surface area contributed by atoms with Gasteiger partial charge in [0.2, 0.25) is 0 Å². The molecule has 0 radical (unpaired) electrons. The molecule has 0 saturated heterocycles. The summed E-state index contributed by atoms with van der Waals surface area (Å²) in [6.07, 6.45) is 1.36. The summed E-state index contributed by atoms with van der Waals surface area (Å²) in [4.78, 5) is 11.4. The van der Waals surface area contributed by atoms with E-state index in [1.54, 1.807) is 24.3 Å². The molecule has 5 heteroatoms. The van der Waals surface area contributed by atoms with Crippen LogP contribution in [0.4, 0.5) is 5.69 Å². The molecule has 0 aliphatic carbocycles. The highest BCUT2D eigenvalue weighted by atomic mass is 16.5. The van der Waals surface area contributed by atoms with E-state index in [-0.39, 0.29) is 11.5 Å². The highest BCUT2D eigenvalue weighted by Crippen LogP contribution is 2.22. The summed E-state index contributed by atoms with van der Waals surface area (Å²) in [6.45, 7) is 0. The molecule has 2 rings (SSSR count). The number of nitriles is 2. The van der Waals surface area contributed by atoms with E-state index < -0.39 is 0 Å². The van der Waals surface area contributed by atoms with E-state index in [1.807, 2.05) is 36.4 Å². The van der Waals surface area contributed by atoms with Crippen LogP contribution in [-0.2, 0) is 4.74 Å². The van der Waals surface area contributed by atoms with Gasteiger partial charge in [0.05, 0.1) is 12.7 Å². The maximum absolute atomic E-state index is 11.4. The summed E-state index contributed by atoms with van der Waals surface area (Å²) in [5.74, 6) is -0.367. The van der Waals surface area contributed by atoms with Crippen molar-refractivity contribution in [1.29, 1.82) is 10.5 Å². The molecule has 0 aromatic heterocycles. The Labute approximate surface area is 134 Å². The van der Waals surface area contributed by atoms with Gasteiger partial charge >= 0.3 is 5.97 Å². The number of hydrogen-bond donors (Lipinski definition) is 1. The summed E-state index contributed by atoms with van der Waals surface area (Å²) >= 11 is 0. The Morgan fingerprint density at radius 2 is 1.52 bits per heavy atom. The molecular weight excluding hydrogens is 290 g/mol. The van der Waals surface area contributed by atoms with Gasteiger partial charge in [-0.1, -0.05) is 24.3 Å². The number of carbonyl (C=O) groups excluding carboxylic acids is 1. The molecule has 0 amide bonds. The number of ether oxygens (including phenoxy) is 1. The van der Waals surface area contributed by atoms with Gasteiger partial charge < -0.3 is 10.1 Å². The number of nitrogens with zero attached hydrogens (tertiary/aromatic N) is 2. The zero-order valence-electron chi connectivity index (χ0n) is 12.4. The molecule has 5 nitrogen and oxygen atoms in total. The van der Waals surface area contributed by atoms with Gasteiger partial charge in [0.1, 0.15) is 17.7 Å². The molecular formula is C18H13N3O2. The van der Waals surface area contributed by atoms with E-state index in [9.17, 15) is 4.79 Å². The van der Waals surface area contributed by atoms with Crippen molar-refractivity contribution < 1.29 is 9.53 Å². The van der Waals surface area contributed by atoms with Gasteiger partial charge in [-0.25, -0.2) is 4.79 Å². The molecule has 2 aromatic carbocycles. The van der Waals surface area contributed by atoms with Crippen molar-refractivity contribution in [1.82, 2.24) is 0 Å². The largest absolute Gasteiger partial charge is 0.465 e. The SMILES string of the molecule is COC(=O)c1ccc(-c2ccc(NC=C(C#N)C#N)cc2)cc1. The minimum atomic E-state index is -0.367. The molecule has 0 aliphatic heterocycles. The fourth-order valence-corrected chi connectivity index (χ4v) is 1.92. The van der Waals surface area contributed by atoms with Crippen LogP contribution in [0.5, 0.6) is 0 Å². The summed E-state index contributed by atoms with van der Waals surface area (Å²) in [5.41, 5.74) is 3.22. The monoisotopic (exact) mass is 303 g/mol. The maximum Gasteiger partial charge on any atom is 0.337 e. The van der Waals surface area contributed by atoms with Crippen LogP contribution >= 0.6 is 0 Å². The summed E-state index contributed by atoms with van der Waals surface area (Å²) in [6, 6.07) is 18.2. The van der Waals surface area contributed by atoms with Crippen LogP contribution in [0.15, 0.2) is 60.3 Å². The lowest BCUT2D eigenvalue weighted by Crippen LogP contribution is -2.00. The van der Waals surface area contributed by atoms with Gasteiger partial charge in [-0.3, -0.25) is 0 Å². The smallest absolute Gasteiger partial charge is 0.337 e. The minimum Gasteiger partial charge on any atom is -0.465 e. The van der Waals surface area contributed by atoms with Gasteiger partial charge in [0.25, 0.3) is 0 Å². The maximum atomic E-state index is 11.4. The summed E-state index contributed by atoms with van der Waals surface area (Å²) < 4.78 is 4.66. The molecule has 0 spiro atoms. The average molecular weight is 303 g/mol. The number of carbonyl (C=O) groups is 1. The molecule has 23 heavy (non-hydrogen) atoms. The van der Waals surface area contributed by atoms with Crippen molar-refractivity contribution in [3.63, 3.8) is 0 Å². The van der Waals surface area contributed by atoms with Crippen LogP contribution in [0.2, 0.25) is 0 Å². The first-order valence-corrected chi connectivity index (χ1v) is 6.73. The Morgan fingerprint density at radius 3 is 2.00 bits per heavy atom. The van der Waals surface area contributed by atoms with Crippen LogP contribution in [0, 0.1) is 22.7 Å². The average Bonchev–Trinajstić information content (AvgIpc) is 2.62. The van der Waals surface area contributed by atoms with Gasteiger partial charge in [-0.2, -0.15) is 10.5 Å². The van der Waals surface area contributed by atoms with Crippen molar-refractivity contribution in [2.45, 2.75) is 0 Å². The Morgan fingerprint density at radius 1 is 1.00 bits per heavy atom. The number of anilines is 1. The van der Waals surface area contributed by atoms with E-state index in [1.165, 1.54) is 13.3 Å². The van der Waals surface area contributed by atoms with Crippen molar-refractivity contribution in [2.75, 3.05) is 12.4 Å². The quantitative estimate of drug-likeness (QED) is 0.690. The minimum absolute atomic E-state index is 0.00692. The second kappa shape index (κ2) is 7.44. The fraction of sp³-hybridized carbons (Fsp3) is 0.0556. The first-order chi connectivity index (χ1) is 11.2. The van der Waals surface area contributed by atoms with E-state index in [0.29, 0.717) is 5.56 Å². The summed E-state index contributed by atoms with van der Waals surface area (Å²) in [5, 5.41) is 20.2. The van der Waals surface area contributed by atoms with Crippen molar-refractivity contribution in [2.24, 2.45) is 0 Å². The van der Waals surface area contributed by atoms with Crippen molar-refractivity contribution in [3.05, 3.63) is 65.9 Å². The highest BCUT2D eigenvalue weighted by molar-refractivity contribution is 5.90. The highest BCUT2D eigenvalue weighted by Gasteiger charge is 2.05. The Kier molecular flexibility index (Phi) is 5.12. The predicted molar refractivity (Wildman–Crippen MR) is 86.1 cm³/mol. The first-order valence-electron chi connectivity index (χ1n) is 6.73. The second-order valence-corrected chi connectivity index (χ2v) is 4.57. The van der Waals surface area contributed by atoms with Crippen LogP contribution in [-0.4, -0.2) is 13.1 Å². The lowest BCUT2D eigenvalue weighted by Gasteiger charge is -2.05. The van der Waals surface area contributed by atoms with Crippen molar-refractivity contribution >= 4 is 11.7 Å². The first kappa shape index (κ1) is 15.8. The fourth-order valence-electron chi connectivity index (χ4n) is 1.92. The van der Waals surface area contributed by atoms with Crippen molar-refractivity contribution in [3.8, 4) is 23.3 Å². The molecule has 0 heterocycles. The van der Waals surface area contributed by atoms with E-state index in [4.69, 9.17) is 10.5 Å². The molecule has 0 atom stereocenters. The molecule has 2 aromatic rings. The number of esters is 1. The molecule has 0 bridgehead atoms. The molecule has 1 N–H and O–H groups in total. The van der Waals surface area contributed by atoms with Gasteiger partial charge in [-0.15, -0.1) is 0 Å². The Bertz CT molecular complexity index is 791. The number of rotatable bonds is 4. The molecule has 0 saturated carbocycles. The molecule has 0 unspecified atom stereocenters. The Balaban J connectivity index is 2.14. The standard InChI is InChI=1S/C18H13N3O2/c1-23-18(22)16-4-2-14(3-5-16)15-6-8-17(9-7-15)21-12-13(10-19)11-20/h2-9,12,21H,1H3. The van der Waals surface area contributed by atoms with E-state index in [0.717, 1.165) is 16.8 Å². The van der Waals surface area contributed by atoms with Crippen LogP contribution in [0.1, 0.15) is 10.4 Å². The van der Waals surface area contributed by atoms with Crippen LogP contribution in [0.25, 0.3) is 11.1 Å². The third-order valence-electron chi connectivity index (χ3n) is 3.15. The third-order valence-corrected chi connectivity index (χ3v) is 3.15. The number of allylic oxidation sites excluding steroid dienone is 1. The van der Waals surface area contributed by atoms with E-state index >= 15 is 0 Å². The van der Waals surface area contributed by atoms with E-state index in [2.05, 4.69) is 10.1 Å². The summed E-state index contributed by atoms with van der Waals surface area (Å²) in [7, 11) is 1.35. The van der Waals surface area contributed by atoms with Gasteiger partial charge in [0, 0.05) is 11.9 Å². The van der Waals surface area contributed by atoms with Crippen LogP contribution < -0.4 is 5.32 Å². The second-order valence-electron chi connectivity index (χ2n) is 4.57. The normalized spacial score (nSPS) is 9.17. The lowest BCUT2D eigenvalue weighted by atomic mass is 10.0. The lowest BCUT2D eigenvalue weighted by molar-refractivity contribution is 0.0601. The molecule has 0 aliphatic rings. The predicted octanol–water partition coefficient (Wildman–Crippen LogP) is 3.48. The number of nitrogens with one attached hydrogen (secondary N) is 1. The number of methoxy groups -OCH3 is 1. The topological polar surface area (TPSA) is 85.9 Å². The number of hydrogen-bond acceptors (Lipinski definition) is 5. The van der Waals surface area contributed by atoms with Gasteiger partial charge in [-0.05, 0) is 35.4 Å². The third kappa shape index (κ3) is 3.96. The zero-order chi connectivity index (χ0) is 16.7. The Hall–Kier alpha value is -3.57. The van der Waals surface area contributed by atoms with Crippen LogP contribution in [0.3, 0.4) is 0 Å².